The first-order valence-corrected chi connectivity index (χ1v) is 8.60. The standard InChI is InChI=1S/C12H23N5O2S/c1-17(11-6-3-2-4-7-11)20(18,19)15-9-5-8-12-13-10-14-16-12/h10-11,15H,2-9H2,1H3,(H,13,14,16). The summed E-state index contributed by atoms with van der Waals surface area (Å²) in [4.78, 5) is 4.00. The topological polar surface area (TPSA) is 91.0 Å². The lowest BCUT2D eigenvalue weighted by Gasteiger charge is -2.30. The van der Waals surface area contributed by atoms with Gasteiger partial charge in [0.1, 0.15) is 12.2 Å². The molecule has 2 rings (SSSR count). The summed E-state index contributed by atoms with van der Waals surface area (Å²) in [5.74, 6) is 0.782. The minimum atomic E-state index is -3.36. The maximum absolute atomic E-state index is 12.2. The maximum Gasteiger partial charge on any atom is 0.279 e. The molecule has 0 aromatic carbocycles. The lowest BCUT2D eigenvalue weighted by molar-refractivity contribution is 0.283. The first-order valence-electron chi connectivity index (χ1n) is 7.16. The molecule has 1 saturated carbocycles. The highest BCUT2D eigenvalue weighted by Gasteiger charge is 2.26. The van der Waals surface area contributed by atoms with Crippen LogP contribution in [0.15, 0.2) is 6.33 Å². The Labute approximate surface area is 120 Å². The highest BCUT2D eigenvalue weighted by molar-refractivity contribution is 7.87. The Morgan fingerprint density at radius 3 is 2.80 bits per heavy atom. The normalized spacial score (nSPS) is 17.7. The fraction of sp³-hybridized carbons (Fsp3) is 0.833. The van der Waals surface area contributed by atoms with Gasteiger partial charge in [0.15, 0.2) is 0 Å². The molecule has 1 aliphatic carbocycles. The van der Waals surface area contributed by atoms with E-state index in [9.17, 15) is 8.42 Å². The van der Waals surface area contributed by atoms with Crippen LogP contribution in [0.3, 0.4) is 0 Å². The van der Waals surface area contributed by atoms with Gasteiger partial charge in [0, 0.05) is 26.1 Å². The Hall–Kier alpha value is -0.990. The number of hydrogen-bond acceptors (Lipinski definition) is 4. The second-order valence-corrected chi connectivity index (χ2v) is 7.06. The van der Waals surface area contributed by atoms with Gasteiger partial charge in [-0.3, -0.25) is 5.10 Å². The Bertz CT molecular complexity index is 482. The summed E-state index contributed by atoms with van der Waals surface area (Å²) in [6.45, 7) is 0.417. The molecule has 0 unspecified atom stereocenters. The van der Waals surface area contributed by atoms with Gasteiger partial charge in [-0.15, -0.1) is 0 Å². The molecule has 1 fully saturated rings. The first-order chi connectivity index (χ1) is 9.59. The largest absolute Gasteiger partial charge is 0.279 e. The number of aromatic amines is 1. The van der Waals surface area contributed by atoms with Gasteiger partial charge in [0.25, 0.3) is 10.2 Å². The Morgan fingerprint density at radius 2 is 2.15 bits per heavy atom. The van der Waals surface area contributed by atoms with E-state index in [-0.39, 0.29) is 6.04 Å². The summed E-state index contributed by atoms with van der Waals surface area (Å²) in [5.41, 5.74) is 0. The lowest BCUT2D eigenvalue weighted by atomic mass is 9.96. The quantitative estimate of drug-likeness (QED) is 0.730. The van der Waals surface area contributed by atoms with Crippen LogP contribution in [0.4, 0.5) is 0 Å². The monoisotopic (exact) mass is 301 g/mol. The average Bonchev–Trinajstić information content (AvgIpc) is 2.97. The molecule has 1 aromatic rings. The highest BCUT2D eigenvalue weighted by atomic mass is 32.2. The summed E-state index contributed by atoms with van der Waals surface area (Å²) in [6, 6.07) is 0.149. The molecule has 2 N–H and O–H groups in total. The van der Waals surface area contributed by atoms with Crippen molar-refractivity contribution < 1.29 is 8.42 Å². The summed E-state index contributed by atoms with van der Waals surface area (Å²) in [6.07, 6.45) is 8.24. The molecule has 1 aromatic heterocycles. The molecule has 0 radical (unpaired) electrons. The van der Waals surface area contributed by atoms with Crippen LogP contribution in [0.1, 0.15) is 44.3 Å². The van der Waals surface area contributed by atoms with Crippen LogP contribution in [-0.4, -0.2) is 47.5 Å². The van der Waals surface area contributed by atoms with E-state index in [2.05, 4.69) is 19.9 Å². The van der Waals surface area contributed by atoms with Crippen LogP contribution < -0.4 is 4.72 Å². The van der Waals surface area contributed by atoms with E-state index in [0.717, 1.165) is 31.5 Å². The van der Waals surface area contributed by atoms with Gasteiger partial charge in [-0.05, 0) is 19.3 Å². The smallest absolute Gasteiger partial charge is 0.263 e. The van der Waals surface area contributed by atoms with Crippen LogP contribution >= 0.6 is 0 Å². The number of aryl methyl sites for hydroxylation is 1. The molecule has 7 nitrogen and oxygen atoms in total. The minimum absolute atomic E-state index is 0.149. The van der Waals surface area contributed by atoms with E-state index in [1.165, 1.54) is 17.1 Å². The molecule has 0 amide bonds. The van der Waals surface area contributed by atoms with Gasteiger partial charge in [0.05, 0.1) is 0 Å². The van der Waals surface area contributed by atoms with Crippen molar-refractivity contribution in [2.24, 2.45) is 0 Å². The Kier molecular flexibility index (Phi) is 5.50. The van der Waals surface area contributed by atoms with Gasteiger partial charge in [0.2, 0.25) is 0 Å². The van der Waals surface area contributed by atoms with Crippen molar-refractivity contribution in [1.82, 2.24) is 24.2 Å². The van der Waals surface area contributed by atoms with E-state index in [1.54, 1.807) is 7.05 Å². The second kappa shape index (κ2) is 7.14. The van der Waals surface area contributed by atoms with Crippen molar-refractivity contribution in [3.8, 4) is 0 Å². The van der Waals surface area contributed by atoms with Crippen LogP contribution in [0.25, 0.3) is 0 Å². The van der Waals surface area contributed by atoms with E-state index in [4.69, 9.17) is 0 Å². The molecule has 0 aliphatic heterocycles. The number of aromatic nitrogens is 3. The summed E-state index contributed by atoms with van der Waals surface area (Å²) >= 11 is 0. The molecule has 20 heavy (non-hydrogen) atoms. The molecule has 8 heteroatoms. The van der Waals surface area contributed by atoms with Crippen molar-refractivity contribution in [1.29, 1.82) is 0 Å². The van der Waals surface area contributed by atoms with Crippen LogP contribution in [0.2, 0.25) is 0 Å². The van der Waals surface area contributed by atoms with Crippen LogP contribution in [0, 0.1) is 0 Å². The maximum atomic E-state index is 12.2. The number of hydrogen-bond donors (Lipinski definition) is 2. The van der Waals surface area contributed by atoms with Crippen molar-refractivity contribution in [2.75, 3.05) is 13.6 Å². The Morgan fingerprint density at radius 1 is 1.40 bits per heavy atom. The van der Waals surface area contributed by atoms with Crippen molar-refractivity contribution in [2.45, 2.75) is 51.0 Å². The molecule has 0 saturated heterocycles. The van der Waals surface area contributed by atoms with E-state index >= 15 is 0 Å². The summed E-state index contributed by atoms with van der Waals surface area (Å²) < 4.78 is 28.5. The zero-order valence-electron chi connectivity index (χ0n) is 11.9. The zero-order valence-corrected chi connectivity index (χ0v) is 12.7. The van der Waals surface area contributed by atoms with E-state index < -0.39 is 10.2 Å². The van der Waals surface area contributed by atoms with Gasteiger partial charge >= 0.3 is 0 Å². The molecule has 0 atom stereocenters. The lowest BCUT2D eigenvalue weighted by Crippen LogP contribution is -2.45. The Balaban J connectivity index is 1.74. The molecule has 0 bridgehead atoms. The zero-order chi connectivity index (χ0) is 14.4. The van der Waals surface area contributed by atoms with Crippen LogP contribution in [0.5, 0.6) is 0 Å². The third kappa shape index (κ3) is 4.26. The fourth-order valence-corrected chi connectivity index (χ4v) is 3.76. The number of H-pyrrole nitrogens is 1. The van der Waals surface area contributed by atoms with Crippen molar-refractivity contribution in [3.05, 3.63) is 12.2 Å². The van der Waals surface area contributed by atoms with Crippen molar-refractivity contribution in [3.63, 3.8) is 0 Å². The molecule has 114 valence electrons. The van der Waals surface area contributed by atoms with E-state index in [1.807, 2.05) is 0 Å². The highest BCUT2D eigenvalue weighted by Crippen LogP contribution is 2.22. The SMILES string of the molecule is CN(C1CCCCC1)S(=O)(=O)NCCCc1ncn[nH]1. The third-order valence-electron chi connectivity index (χ3n) is 3.81. The first kappa shape index (κ1) is 15.4. The van der Waals surface area contributed by atoms with Gasteiger partial charge in [-0.1, -0.05) is 19.3 Å². The second-order valence-electron chi connectivity index (χ2n) is 5.24. The van der Waals surface area contributed by atoms with Gasteiger partial charge in [-0.2, -0.15) is 17.8 Å². The summed E-state index contributed by atoms with van der Waals surface area (Å²) in [5, 5.41) is 6.52. The summed E-state index contributed by atoms with van der Waals surface area (Å²) in [7, 11) is -1.69. The number of rotatable bonds is 7. The average molecular weight is 301 g/mol. The fourth-order valence-electron chi connectivity index (χ4n) is 2.55. The molecule has 1 aliphatic rings. The van der Waals surface area contributed by atoms with E-state index in [0.29, 0.717) is 19.4 Å². The molecular formula is C12H23N5O2S. The number of nitrogens with one attached hydrogen (secondary N) is 2. The predicted octanol–water partition coefficient (Wildman–Crippen LogP) is 0.836. The van der Waals surface area contributed by atoms with Crippen LogP contribution in [-0.2, 0) is 16.6 Å². The third-order valence-corrected chi connectivity index (χ3v) is 5.43. The molecule has 1 heterocycles. The van der Waals surface area contributed by atoms with Crippen molar-refractivity contribution >= 4 is 10.2 Å². The van der Waals surface area contributed by atoms with Gasteiger partial charge in [-0.25, -0.2) is 9.71 Å². The van der Waals surface area contributed by atoms with Gasteiger partial charge < -0.3 is 0 Å². The predicted molar refractivity (Wildman–Crippen MR) is 76.3 cm³/mol. The molecule has 0 spiro atoms. The molecular weight excluding hydrogens is 278 g/mol. The minimum Gasteiger partial charge on any atom is -0.263 e. The number of nitrogens with zero attached hydrogens (tertiary/aromatic N) is 3.